The highest BCUT2D eigenvalue weighted by Crippen LogP contribution is 2.46. The predicted molar refractivity (Wildman–Crippen MR) is 99.2 cm³/mol. The second kappa shape index (κ2) is 6.39. The molecule has 0 N–H and O–H groups in total. The highest BCUT2D eigenvalue weighted by Gasteiger charge is 2.34. The van der Waals surface area contributed by atoms with Gasteiger partial charge in [0, 0.05) is 11.5 Å². The minimum absolute atomic E-state index is 0.365. The number of oxazole rings is 1. The molecule has 2 heterocycles. The van der Waals surface area contributed by atoms with E-state index in [2.05, 4.69) is 15.1 Å². The molecule has 4 aromatic rings. The lowest BCUT2D eigenvalue weighted by Gasteiger charge is -2.02. The predicted octanol–water partition coefficient (Wildman–Crippen LogP) is 4.94. The van der Waals surface area contributed by atoms with E-state index >= 15 is 0 Å². The Morgan fingerprint density at radius 3 is 2.48 bits per heavy atom. The van der Waals surface area contributed by atoms with Gasteiger partial charge in [0.25, 0.3) is 5.89 Å². The van der Waals surface area contributed by atoms with Gasteiger partial charge in [0.15, 0.2) is 5.69 Å². The molecule has 5 rings (SSSR count). The average molecular weight is 359 g/mol. The molecule has 6 heteroatoms. The van der Waals surface area contributed by atoms with E-state index in [-0.39, 0.29) is 0 Å². The minimum atomic E-state index is 0.365. The molecule has 1 fully saturated rings. The third-order valence-electron chi connectivity index (χ3n) is 4.60. The summed E-state index contributed by atoms with van der Waals surface area (Å²) in [5.41, 5.74) is 2.33. The topological polar surface area (TPSA) is 74.2 Å². The molecule has 134 valence electrons. The molecule has 6 nitrogen and oxygen atoms in total. The van der Waals surface area contributed by atoms with E-state index in [1.54, 1.807) is 7.11 Å². The number of ether oxygens (including phenoxy) is 1. The molecular formula is C21H17N3O3. The van der Waals surface area contributed by atoms with Gasteiger partial charge in [0.2, 0.25) is 11.7 Å². The second-order valence-electron chi connectivity index (χ2n) is 6.50. The van der Waals surface area contributed by atoms with E-state index in [1.807, 2.05) is 54.6 Å². The molecule has 0 saturated heterocycles. The summed E-state index contributed by atoms with van der Waals surface area (Å²) in [5.74, 6) is 3.29. The summed E-state index contributed by atoms with van der Waals surface area (Å²) in [4.78, 5) is 9.22. The Labute approximate surface area is 155 Å². The highest BCUT2D eigenvalue weighted by atomic mass is 16.5. The maximum atomic E-state index is 6.08. The summed E-state index contributed by atoms with van der Waals surface area (Å²) in [5, 5.41) is 4.13. The van der Waals surface area contributed by atoms with Crippen LogP contribution in [0.2, 0.25) is 0 Å². The minimum Gasteiger partial charge on any atom is -0.496 e. The Kier molecular flexibility index (Phi) is 3.74. The van der Waals surface area contributed by atoms with Crippen LogP contribution in [0, 0.1) is 0 Å². The van der Waals surface area contributed by atoms with Gasteiger partial charge in [-0.25, -0.2) is 4.98 Å². The summed E-state index contributed by atoms with van der Waals surface area (Å²) in [6.07, 6.45) is 2.17. The van der Waals surface area contributed by atoms with Gasteiger partial charge in [0.05, 0.1) is 12.7 Å². The van der Waals surface area contributed by atoms with E-state index < -0.39 is 0 Å². The number of nitrogens with zero attached hydrogens (tertiary/aromatic N) is 3. The molecule has 1 saturated carbocycles. The van der Waals surface area contributed by atoms with Crippen LogP contribution in [-0.2, 0) is 0 Å². The fraction of sp³-hybridized carbons (Fsp3) is 0.190. The van der Waals surface area contributed by atoms with Crippen molar-refractivity contribution in [1.82, 2.24) is 15.1 Å². The van der Waals surface area contributed by atoms with Gasteiger partial charge < -0.3 is 13.7 Å². The SMILES string of the molecule is COc1ccccc1-c1noc(-c2nc(-c3ccccc3)oc2C2CC2)n1. The molecule has 27 heavy (non-hydrogen) atoms. The van der Waals surface area contributed by atoms with Crippen molar-refractivity contribution in [1.29, 1.82) is 0 Å². The number of para-hydroxylation sites is 1. The Morgan fingerprint density at radius 2 is 1.70 bits per heavy atom. The quantitative estimate of drug-likeness (QED) is 0.502. The van der Waals surface area contributed by atoms with Gasteiger partial charge in [0.1, 0.15) is 11.5 Å². The summed E-state index contributed by atoms with van der Waals surface area (Å²) in [6.45, 7) is 0. The number of rotatable bonds is 5. The molecule has 0 atom stereocenters. The monoisotopic (exact) mass is 359 g/mol. The zero-order valence-electron chi connectivity index (χ0n) is 14.8. The fourth-order valence-electron chi connectivity index (χ4n) is 3.07. The van der Waals surface area contributed by atoms with Gasteiger partial charge in [-0.1, -0.05) is 35.5 Å². The van der Waals surface area contributed by atoms with Crippen molar-refractivity contribution in [3.05, 3.63) is 60.4 Å². The van der Waals surface area contributed by atoms with Crippen LogP contribution < -0.4 is 4.74 Å². The molecule has 1 aliphatic rings. The van der Waals surface area contributed by atoms with Crippen molar-refractivity contribution in [2.24, 2.45) is 0 Å². The van der Waals surface area contributed by atoms with Crippen molar-refractivity contribution >= 4 is 0 Å². The van der Waals surface area contributed by atoms with E-state index in [0.29, 0.717) is 35.0 Å². The van der Waals surface area contributed by atoms with Gasteiger partial charge >= 0.3 is 0 Å². The summed E-state index contributed by atoms with van der Waals surface area (Å²) < 4.78 is 17.0. The first-order valence-corrected chi connectivity index (χ1v) is 8.87. The number of hydrogen-bond acceptors (Lipinski definition) is 6. The van der Waals surface area contributed by atoms with Crippen molar-refractivity contribution in [3.8, 4) is 40.2 Å². The average Bonchev–Trinajstić information content (AvgIpc) is 3.29. The first-order chi connectivity index (χ1) is 13.3. The fourth-order valence-corrected chi connectivity index (χ4v) is 3.07. The Balaban J connectivity index is 1.57. The van der Waals surface area contributed by atoms with Crippen LogP contribution in [0.15, 0.2) is 63.5 Å². The van der Waals surface area contributed by atoms with Crippen LogP contribution in [0.1, 0.15) is 24.5 Å². The molecule has 0 aliphatic heterocycles. The van der Waals surface area contributed by atoms with Crippen LogP contribution in [0.3, 0.4) is 0 Å². The third kappa shape index (κ3) is 2.89. The van der Waals surface area contributed by atoms with Crippen molar-refractivity contribution in [2.75, 3.05) is 7.11 Å². The van der Waals surface area contributed by atoms with Gasteiger partial charge in [-0.15, -0.1) is 0 Å². The largest absolute Gasteiger partial charge is 0.496 e. The van der Waals surface area contributed by atoms with E-state index in [4.69, 9.17) is 13.7 Å². The van der Waals surface area contributed by atoms with Crippen LogP contribution in [0.4, 0.5) is 0 Å². The maximum Gasteiger partial charge on any atom is 0.280 e. The standard InChI is InChI=1S/C21H17N3O3/c1-25-16-10-6-5-9-15(16)19-23-21(27-24-19)17-18(13-11-12-13)26-20(22-17)14-7-3-2-4-8-14/h2-10,13H,11-12H2,1H3. The lowest BCUT2D eigenvalue weighted by Crippen LogP contribution is -1.89. The third-order valence-corrected chi connectivity index (χ3v) is 4.60. The molecule has 0 amide bonds. The second-order valence-corrected chi connectivity index (χ2v) is 6.50. The molecule has 0 radical (unpaired) electrons. The van der Waals surface area contributed by atoms with E-state index in [9.17, 15) is 0 Å². The van der Waals surface area contributed by atoms with Gasteiger partial charge in [-0.3, -0.25) is 0 Å². The molecule has 1 aliphatic carbocycles. The van der Waals surface area contributed by atoms with Crippen molar-refractivity contribution < 1.29 is 13.7 Å². The molecule has 0 spiro atoms. The Hall–Kier alpha value is -3.41. The lowest BCUT2D eigenvalue weighted by molar-refractivity contribution is 0.413. The molecule has 0 unspecified atom stereocenters. The number of benzene rings is 2. The molecule has 2 aromatic carbocycles. The Bertz CT molecular complexity index is 1080. The number of methoxy groups -OCH3 is 1. The summed E-state index contributed by atoms with van der Waals surface area (Å²) in [7, 11) is 1.62. The zero-order valence-corrected chi connectivity index (χ0v) is 14.8. The summed E-state index contributed by atoms with van der Waals surface area (Å²) >= 11 is 0. The summed E-state index contributed by atoms with van der Waals surface area (Å²) in [6, 6.07) is 17.4. The number of hydrogen-bond donors (Lipinski definition) is 0. The van der Waals surface area contributed by atoms with Crippen LogP contribution >= 0.6 is 0 Å². The molecule has 0 bridgehead atoms. The first kappa shape index (κ1) is 15.8. The van der Waals surface area contributed by atoms with Gasteiger partial charge in [-0.05, 0) is 37.1 Å². The smallest absolute Gasteiger partial charge is 0.280 e. The normalized spacial score (nSPS) is 13.7. The maximum absolute atomic E-state index is 6.08. The van der Waals surface area contributed by atoms with Crippen LogP contribution in [0.5, 0.6) is 5.75 Å². The van der Waals surface area contributed by atoms with Crippen molar-refractivity contribution in [3.63, 3.8) is 0 Å². The van der Waals surface area contributed by atoms with Crippen LogP contribution in [0.25, 0.3) is 34.4 Å². The zero-order chi connectivity index (χ0) is 18.2. The first-order valence-electron chi connectivity index (χ1n) is 8.87. The lowest BCUT2D eigenvalue weighted by atomic mass is 10.2. The Morgan fingerprint density at radius 1 is 0.926 bits per heavy atom. The molecule has 2 aromatic heterocycles. The van der Waals surface area contributed by atoms with Gasteiger partial charge in [-0.2, -0.15) is 4.98 Å². The van der Waals surface area contributed by atoms with Crippen molar-refractivity contribution in [2.45, 2.75) is 18.8 Å². The number of aromatic nitrogens is 3. The van der Waals surface area contributed by atoms with E-state index in [1.165, 1.54) is 0 Å². The van der Waals surface area contributed by atoms with E-state index in [0.717, 1.165) is 29.7 Å². The highest BCUT2D eigenvalue weighted by molar-refractivity contribution is 5.66. The van der Waals surface area contributed by atoms with Crippen LogP contribution in [-0.4, -0.2) is 22.2 Å². The molecular weight excluding hydrogens is 342 g/mol.